The minimum atomic E-state index is -0.668. The molecule has 7 nitrogen and oxygen atoms in total. The van der Waals surface area contributed by atoms with Gasteiger partial charge >= 0.3 is 0 Å². The molecule has 4 heterocycles. The summed E-state index contributed by atoms with van der Waals surface area (Å²) in [6.07, 6.45) is 5.71. The van der Waals surface area contributed by atoms with E-state index in [1.54, 1.807) is 29.9 Å². The molecule has 1 aliphatic rings. The first-order valence-electron chi connectivity index (χ1n) is 9.65. The molecule has 3 aromatic heterocycles. The molecule has 0 saturated carbocycles. The highest BCUT2D eigenvalue weighted by molar-refractivity contribution is 7.13. The minimum Gasteiger partial charge on any atom is -0.354 e. The predicted molar refractivity (Wildman–Crippen MR) is 115 cm³/mol. The van der Waals surface area contributed by atoms with Gasteiger partial charge in [0.1, 0.15) is 5.69 Å². The Morgan fingerprint density at radius 3 is 2.77 bits per heavy atom. The van der Waals surface area contributed by atoms with E-state index >= 15 is 0 Å². The van der Waals surface area contributed by atoms with E-state index in [0.29, 0.717) is 42.3 Å². The minimum absolute atomic E-state index is 0.0390. The second-order valence-corrected chi connectivity index (χ2v) is 7.82. The number of nitrogens with zero attached hydrogens (tertiary/aromatic N) is 4. The standard InChI is InChI=1S/C21H20F2N6OS/c1-24-20(30)16-3-2-15(18(23)27-16)13-5-9-29(10-6-13)12-14-4-7-25-19(17(14)22)28-21-26-8-11-31-21/h2-5,7-8,11H,6,9-10,12H2,1H3,(H,24,30)(H,25,26,28). The molecule has 0 atom stereocenters. The molecule has 31 heavy (non-hydrogen) atoms. The van der Waals surface area contributed by atoms with Gasteiger partial charge in [0.25, 0.3) is 5.91 Å². The highest BCUT2D eigenvalue weighted by atomic mass is 32.1. The number of amides is 1. The third kappa shape index (κ3) is 4.75. The van der Waals surface area contributed by atoms with Crippen LogP contribution >= 0.6 is 11.3 Å². The molecule has 0 aromatic carbocycles. The summed E-state index contributed by atoms with van der Waals surface area (Å²) >= 11 is 1.37. The summed E-state index contributed by atoms with van der Waals surface area (Å²) in [7, 11) is 1.47. The number of aromatic nitrogens is 3. The summed E-state index contributed by atoms with van der Waals surface area (Å²) in [5.74, 6) is -1.37. The van der Waals surface area contributed by atoms with Gasteiger partial charge in [-0.05, 0) is 30.2 Å². The van der Waals surface area contributed by atoms with Crippen LogP contribution in [0, 0.1) is 11.8 Å². The van der Waals surface area contributed by atoms with Crippen molar-refractivity contribution in [3.05, 3.63) is 70.6 Å². The van der Waals surface area contributed by atoms with Gasteiger partial charge in [-0.3, -0.25) is 9.69 Å². The Balaban J connectivity index is 1.44. The Morgan fingerprint density at radius 1 is 1.23 bits per heavy atom. The van der Waals surface area contributed by atoms with E-state index in [9.17, 15) is 13.6 Å². The fourth-order valence-corrected chi connectivity index (χ4v) is 3.88. The molecule has 0 bridgehead atoms. The Hall–Kier alpha value is -3.24. The maximum atomic E-state index is 14.9. The lowest BCUT2D eigenvalue weighted by Gasteiger charge is -2.26. The quantitative estimate of drug-likeness (QED) is 0.568. The first-order valence-corrected chi connectivity index (χ1v) is 10.5. The van der Waals surface area contributed by atoms with Crippen molar-refractivity contribution in [3.63, 3.8) is 0 Å². The molecule has 0 unspecified atom stereocenters. The molecule has 4 rings (SSSR count). The summed E-state index contributed by atoms with van der Waals surface area (Å²) in [6, 6.07) is 4.74. The number of carbonyl (C=O) groups is 1. The zero-order valence-corrected chi connectivity index (χ0v) is 17.5. The second-order valence-electron chi connectivity index (χ2n) is 6.92. The highest BCUT2D eigenvalue weighted by Crippen LogP contribution is 2.27. The van der Waals surface area contributed by atoms with Crippen LogP contribution in [0.1, 0.15) is 28.0 Å². The van der Waals surface area contributed by atoms with Gasteiger partial charge < -0.3 is 10.6 Å². The lowest BCUT2D eigenvalue weighted by molar-refractivity contribution is 0.0957. The van der Waals surface area contributed by atoms with E-state index in [0.717, 1.165) is 5.57 Å². The Bertz CT molecular complexity index is 1120. The molecule has 0 saturated heterocycles. The smallest absolute Gasteiger partial charge is 0.269 e. The van der Waals surface area contributed by atoms with Crippen molar-refractivity contribution < 1.29 is 13.6 Å². The molecule has 160 valence electrons. The topological polar surface area (TPSA) is 83.0 Å². The van der Waals surface area contributed by atoms with Gasteiger partial charge in [-0.1, -0.05) is 6.08 Å². The van der Waals surface area contributed by atoms with Crippen molar-refractivity contribution >= 4 is 33.8 Å². The molecule has 0 spiro atoms. The fraction of sp³-hybridized carbons (Fsp3) is 0.238. The van der Waals surface area contributed by atoms with Crippen LogP contribution in [0.3, 0.4) is 0 Å². The van der Waals surface area contributed by atoms with Crippen molar-refractivity contribution in [2.24, 2.45) is 0 Å². The number of halogens is 2. The average Bonchev–Trinajstić information content (AvgIpc) is 3.30. The van der Waals surface area contributed by atoms with E-state index in [1.807, 2.05) is 6.08 Å². The Labute approximate surface area is 181 Å². The summed E-state index contributed by atoms with van der Waals surface area (Å²) in [5, 5.41) is 7.69. The number of carbonyl (C=O) groups excluding carboxylic acids is 1. The van der Waals surface area contributed by atoms with Gasteiger partial charge in [0.15, 0.2) is 16.8 Å². The van der Waals surface area contributed by atoms with Gasteiger partial charge in [-0.2, -0.15) is 4.39 Å². The van der Waals surface area contributed by atoms with Crippen molar-refractivity contribution in [2.75, 3.05) is 25.5 Å². The Kier molecular flexibility index (Phi) is 6.28. The van der Waals surface area contributed by atoms with Crippen LogP contribution in [0.2, 0.25) is 0 Å². The average molecular weight is 442 g/mol. The maximum absolute atomic E-state index is 14.9. The predicted octanol–water partition coefficient (Wildman–Crippen LogP) is 3.60. The molecule has 3 aromatic rings. The summed E-state index contributed by atoms with van der Waals surface area (Å²) in [6.45, 7) is 1.59. The number of rotatable bonds is 6. The first kappa shape index (κ1) is 21.0. The number of thiazole rings is 1. The monoisotopic (exact) mass is 442 g/mol. The van der Waals surface area contributed by atoms with Gasteiger partial charge in [-0.15, -0.1) is 11.3 Å². The molecule has 1 amide bonds. The fourth-order valence-electron chi connectivity index (χ4n) is 3.35. The molecular weight excluding hydrogens is 422 g/mol. The summed E-state index contributed by atoms with van der Waals surface area (Å²) < 4.78 is 29.3. The first-order chi connectivity index (χ1) is 15.0. The third-order valence-corrected chi connectivity index (χ3v) is 5.66. The van der Waals surface area contributed by atoms with Crippen LogP contribution in [-0.4, -0.2) is 45.9 Å². The Morgan fingerprint density at radius 2 is 2.10 bits per heavy atom. The number of pyridine rings is 2. The van der Waals surface area contributed by atoms with Crippen molar-refractivity contribution in [1.82, 2.24) is 25.2 Å². The summed E-state index contributed by atoms with van der Waals surface area (Å²) in [4.78, 5) is 25.6. The molecule has 1 aliphatic heterocycles. The second kappa shape index (κ2) is 9.27. The maximum Gasteiger partial charge on any atom is 0.269 e. The van der Waals surface area contributed by atoms with E-state index in [1.165, 1.54) is 24.5 Å². The van der Waals surface area contributed by atoms with Gasteiger partial charge in [0.2, 0.25) is 5.95 Å². The highest BCUT2D eigenvalue weighted by Gasteiger charge is 2.20. The zero-order valence-electron chi connectivity index (χ0n) is 16.7. The van der Waals surface area contributed by atoms with Crippen LogP contribution in [0.5, 0.6) is 0 Å². The number of nitrogens with one attached hydrogen (secondary N) is 2. The van der Waals surface area contributed by atoms with Crippen molar-refractivity contribution in [1.29, 1.82) is 0 Å². The van der Waals surface area contributed by atoms with E-state index < -0.39 is 17.7 Å². The van der Waals surface area contributed by atoms with Crippen molar-refractivity contribution in [3.8, 4) is 0 Å². The lowest BCUT2D eigenvalue weighted by atomic mass is 10.00. The van der Waals surface area contributed by atoms with E-state index in [4.69, 9.17) is 0 Å². The van der Waals surface area contributed by atoms with Gasteiger partial charge in [0.05, 0.1) is 0 Å². The van der Waals surface area contributed by atoms with Crippen molar-refractivity contribution in [2.45, 2.75) is 13.0 Å². The van der Waals surface area contributed by atoms with E-state index in [2.05, 4.69) is 30.5 Å². The SMILES string of the molecule is CNC(=O)c1ccc(C2=CCN(Cc3ccnc(Nc4nccs4)c3F)CC2)c(F)n1. The number of anilines is 2. The molecule has 0 aliphatic carbocycles. The molecular formula is C21H20F2N6OS. The van der Waals surface area contributed by atoms with E-state index in [-0.39, 0.29) is 11.5 Å². The summed E-state index contributed by atoms with van der Waals surface area (Å²) in [5.41, 5.74) is 1.77. The lowest BCUT2D eigenvalue weighted by Crippen LogP contribution is -2.28. The normalized spacial score (nSPS) is 14.2. The molecule has 2 N–H and O–H groups in total. The van der Waals surface area contributed by atoms with Crippen LogP contribution < -0.4 is 10.6 Å². The number of hydrogen-bond donors (Lipinski definition) is 2. The van der Waals surface area contributed by atoms with Gasteiger partial charge in [-0.25, -0.2) is 19.3 Å². The van der Waals surface area contributed by atoms with Crippen LogP contribution in [-0.2, 0) is 6.54 Å². The molecule has 0 radical (unpaired) electrons. The third-order valence-electron chi connectivity index (χ3n) is 4.97. The number of hydrogen-bond acceptors (Lipinski definition) is 7. The molecule has 0 fully saturated rings. The zero-order chi connectivity index (χ0) is 21.8. The van der Waals surface area contributed by atoms with Gasteiger partial charge in [0, 0.05) is 55.6 Å². The largest absolute Gasteiger partial charge is 0.354 e. The van der Waals surface area contributed by atoms with Crippen LogP contribution in [0.4, 0.5) is 19.7 Å². The van der Waals surface area contributed by atoms with Crippen LogP contribution in [0.25, 0.3) is 5.57 Å². The molecule has 10 heteroatoms. The van der Waals surface area contributed by atoms with Crippen LogP contribution in [0.15, 0.2) is 42.0 Å².